The first-order chi connectivity index (χ1) is 25.0. The lowest BCUT2D eigenvalue weighted by Crippen LogP contribution is -2.60. The normalized spacial score (nSPS) is 21.4. The van der Waals surface area contributed by atoms with Crippen LogP contribution in [-0.2, 0) is 38.7 Å². The van der Waals surface area contributed by atoms with Crippen molar-refractivity contribution in [3.05, 3.63) is 12.2 Å². The van der Waals surface area contributed by atoms with Gasteiger partial charge in [-0.25, -0.2) is 0 Å². The maximum atomic E-state index is 12.7. The lowest BCUT2D eigenvalue weighted by molar-refractivity contribution is -0.297. The van der Waals surface area contributed by atoms with Gasteiger partial charge in [0.15, 0.2) is 12.4 Å². The molecule has 1 aliphatic heterocycles. The highest BCUT2D eigenvalue weighted by Gasteiger charge is 2.46. The van der Waals surface area contributed by atoms with Gasteiger partial charge < -0.3 is 34.3 Å². The molecule has 1 heterocycles. The van der Waals surface area contributed by atoms with Crippen LogP contribution in [0.3, 0.4) is 0 Å². The topological polar surface area (TPSA) is 186 Å². The maximum absolute atomic E-state index is 12.7. The molecule has 1 aliphatic rings. The number of esters is 2. The standard InChI is InChI=1S/C39H72O12S/c1-3-5-7-9-11-13-14-15-16-17-18-20-22-24-26-28-35(41)50-32(29-48-34(40)27-25-23-21-19-12-10-8-6-4-2)30-49-39-38(44)37(43)36(42)33(51-39)31-52(45,46)47/h18,20,32-33,36-39,42-44H,3-17,19,21-31H2,1-2H3,(H,45,46,47)/b20-18+/t32-,33-,36-,37?,38?,39+/m1/s1. The van der Waals surface area contributed by atoms with Gasteiger partial charge in [0.25, 0.3) is 10.1 Å². The van der Waals surface area contributed by atoms with E-state index in [0.29, 0.717) is 12.8 Å². The van der Waals surface area contributed by atoms with Gasteiger partial charge in [-0.05, 0) is 38.5 Å². The van der Waals surface area contributed by atoms with Crippen molar-refractivity contribution in [1.29, 1.82) is 0 Å². The molecule has 0 radical (unpaired) electrons. The van der Waals surface area contributed by atoms with Crippen LogP contribution in [0.15, 0.2) is 12.2 Å². The number of carbonyl (C=O) groups excluding carboxylic acids is 2. The number of aliphatic hydroxyl groups excluding tert-OH is 3. The van der Waals surface area contributed by atoms with Gasteiger partial charge in [-0.2, -0.15) is 8.42 Å². The maximum Gasteiger partial charge on any atom is 0.306 e. The van der Waals surface area contributed by atoms with Crippen LogP contribution in [0.25, 0.3) is 0 Å². The Morgan fingerprint density at radius 3 is 1.63 bits per heavy atom. The first kappa shape index (κ1) is 48.4. The van der Waals surface area contributed by atoms with Crippen LogP contribution in [-0.4, -0.2) is 96.0 Å². The van der Waals surface area contributed by atoms with Gasteiger partial charge in [0.2, 0.25) is 0 Å². The van der Waals surface area contributed by atoms with Gasteiger partial charge in [0.1, 0.15) is 36.8 Å². The predicted octanol–water partition coefficient (Wildman–Crippen LogP) is 7.11. The zero-order valence-electron chi connectivity index (χ0n) is 32.2. The fourth-order valence-corrected chi connectivity index (χ4v) is 6.83. The van der Waals surface area contributed by atoms with Crippen molar-refractivity contribution in [1.82, 2.24) is 0 Å². The van der Waals surface area contributed by atoms with Crippen LogP contribution in [0.5, 0.6) is 0 Å². The minimum atomic E-state index is -4.59. The molecule has 4 N–H and O–H groups in total. The Kier molecular flexibility index (Phi) is 28.6. The lowest BCUT2D eigenvalue weighted by Gasteiger charge is -2.40. The molecular formula is C39H72O12S. The monoisotopic (exact) mass is 764 g/mol. The lowest BCUT2D eigenvalue weighted by atomic mass is 10.00. The summed E-state index contributed by atoms with van der Waals surface area (Å²) in [6.07, 6.45) is 20.0. The van der Waals surface area contributed by atoms with Gasteiger partial charge >= 0.3 is 11.9 Å². The number of aliphatic hydroxyl groups is 3. The van der Waals surface area contributed by atoms with E-state index in [4.69, 9.17) is 18.9 Å². The molecule has 0 bridgehead atoms. The zero-order chi connectivity index (χ0) is 38.5. The third kappa shape index (κ3) is 25.4. The highest BCUT2D eigenvalue weighted by atomic mass is 32.2. The summed E-state index contributed by atoms with van der Waals surface area (Å²) in [6.45, 7) is 3.70. The molecule has 1 saturated heterocycles. The summed E-state index contributed by atoms with van der Waals surface area (Å²) >= 11 is 0. The Morgan fingerprint density at radius 2 is 1.10 bits per heavy atom. The third-order valence-electron chi connectivity index (χ3n) is 9.35. The molecule has 0 spiro atoms. The van der Waals surface area contributed by atoms with E-state index in [1.54, 1.807) is 0 Å². The van der Waals surface area contributed by atoms with Gasteiger partial charge in [-0.3, -0.25) is 14.1 Å². The molecule has 12 nitrogen and oxygen atoms in total. The second-order valence-corrected chi connectivity index (χ2v) is 15.8. The van der Waals surface area contributed by atoms with Crippen LogP contribution in [0.2, 0.25) is 0 Å². The van der Waals surface area contributed by atoms with E-state index in [9.17, 15) is 37.9 Å². The zero-order valence-corrected chi connectivity index (χ0v) is 33.0. The van der Waals surface area contributed by atoms with Crippen LogP contribution in [0.4, 0.5) is 0 Å². The predicted molar refractivity (Wildman–Crippen MR) is 201 cm³/mol. The molecule has 0 amide bonds. The summed E-state index contributed by atoms with van der Waals surface area (Å²) in [7, 11) is -4.59. The molecule has 2 unspecified atom stereocenters. The van der Waals surface area contributed by atoms with Gasteiger partial charge in [0.05, 0.1) is 6.61 Å². The van der Waals surface area contributed by atoms with Crippen LogP contribution < -0.4 is 0 Å². The molecule has 52 heavy (non-hydrogen) atoms. The fourth-order valence-electron chi connectivity index (χ4n) is 6.14. The van der Waals surface area contributed by atoms with E-state index in [1.807, 2.05) is 0 Å². The Balaban J connectivity index is 2.51. The number of ether oxygens (including phenoxy) is 4. The van der Waals surface area contributed by atoms with Gasteiger partial charge in [-0.1, -0.05) is 129 Å². The molecular weight excluding hydrogens is 692 g/mol. The van der Waals surface area contributed by atoms with Crippen molar-refractivity contribution < 1.29 is 56.8 Å². The molecule has 0 aliphatic carbocycles. The van der Waals surface area contributed by atoms with Gasteiger partial charge in [0, 0.05) is 12.8 Å². The fraction of sp³-hybridized carbons (Fsp3) is 0.897. The molecule has 0 saturated carbocycles. The molecule has 1 fully saturated rings. The van der Waals surface area contributed by atoms with E-state index in [0.717, 1.165) is 38.5 Å². The van der Waals surface area contributed by atoms with E-state index in [2.05, 4.69) is 26.0 Å². The molecule has 6 atom stereocenters. The summed E-state index contributed by atoms with van der Waals surface area (Å²) in [5.41, 5.74) is 0. The largest absolute Gasteiger partial charge is 0.462 e. The minimum absolute atomic E-state index is 0.138. The van der Waals surface area contributed by atoms with Crippen molar-refractivity contribution >= 4 is 22.1 Å². The van der Waals surface area contributed by atoms with Crippen molar-refractivity contribution in [3.63, 3.8) is 0 Å². The van der Waals surface area contributed by atoms with E-state index in [1.165, 1.54) is 89.9 Å². The smallest absolute Gasteiger partial charge is 0.306 e. The number of hydrogen-bond donors (Lipinski definition) is 4. The van der Waals surface area contributed by atoms with Crippen molar-refractivity contribution in [3.8, 4) is 0 Å². The molecule has 0 aromatic carbocycles. The average molecular weight is 765 g/mol. The molecule has 0 aromatic heterocycles. The summed E-state index contributed by atoms with van der Waals surface area (Å²) in [5.74, 6) is -2.01. The highest BCUT2D eigenvalue weighted by molar-refractivity contribution is 7.85. The first-order valence-corrected chi connectivity index (χ1v) is 21.9. The summed E-state index contributed by atoms with van der Waals surface area (Å²) in [6, 6.07) is 0. The minimum Gasteiger partial charge on any atom is -0.462 e. The Bertz CT molecular complexity index is 1040. The molecule has 306 valence electrons. The second kappa shape index (κ2) is 30.7. The van der Waals surface area contributed by atoms with Crippen LogP contribution in [0, 0.1) is 0 Å². The van der Waals surface area contributed by atoms with Crippen molar-refractivity contribution in [2.24, 2.45) is 0 Å². The summed E-state index contributed by atoms with van der Waals surface area (Å²) < 4.78 is 53.8. The van der Waals surface area contributed by atoms with Crippen molar-refractivity contribution in [2.45, 2.75) is 205 Å². The van der Waals surface area contributed by atoms with Crippen molar-refractivity contribution in [2.75, 3.05) is 19.0 Å². The Labute approximate surface area is 314 Å². The van der Waals surface area contributed by atoms with Crippen LogP contribution >= 0.6 is 0 Å². The number of rotatable bonds is 33. The summed E-state index contributed by atoms with van der Waals surface area (Å²) in [5, 5.41) is 30.7. The number of hydrogen-bond acceptors (Lipinski definition) is 11. The SMILES string of the molecule is CCCCCCCCCCC/C=C/CCCCC(=O)O[C@H](COC(=O)CCCCCCCCCCC)CO[C@H]1O[C@H](CS(=O)(=O)O)[C@@H](O)C(O)C1O. The molecule has 1 rings (SSSR count). The average Bonchev–Trinajstić information content (AvgIpc) is 3.10. The third-order valence-corrected chi connectivity index (χ3v) is 10.1. The quantitative estimate of drug-likeness (QED) is 0.0230. The van der Waals surface area contributed by atoms with Gasteiger partial charge in [-0.15, -0.1) is 0 Å². The molecule has 13 heteroatoms. The number of carbonyl (C=O) groups is 2. The van der Waals surface area contributed by atoms with Crippen LogP contribution in [0.1, 0.15) is 168 Å². The molecule has 0 aromatic rings. The summed E-state index contributed by atoms with van der Waals surface area (Å²) in [4.78, 5) is 25.2. The first-order valence-electron chi connectivity index (χ1n) is 20.2. The Morgan fingerprint density at radius 1 is 0.635 bits per heavy atom. The Hall–Kier alpha value is -1.61. The van der Waals surface area contributed by atoms with E-state index < -0.39 is 71.2 Å². The highest BCUT2D eigenvalue weighted by Crippen LogP contribution is 2.24. The second-order valence-electron chi connectivity index (χ2n) is 14.3. The number of allylic oxidation sites excluding steroid dienone is 2. The van der Waals surface area contributed by atoms with E-state index >= 15 is 0 Å². The van der Waals surface area contributed by atoms with E-state index in [-0.39, 0.29) is 19.4 Å². The number of unbranched alkanes of at least 4 members (excludes halogenated alkanes) is 19.